The second-order valence-corrected chi connectivity index (χ2v) is 6.65. The monoisotopic (exact) mass is 415 g/mol. The quantitative estimate of drug-likeness (QED) is 0.533. The number of amides is 1. The van der Waals surface area contributed by atoms with Crippen LogP contribution in [0.3, 0.4) is 0 Å². The maximum atomic E-state index is 12.4. The minimum atomic E-state index is -0.195. The summed E-state index contributed by atoms with van der Waals surface area (Å²) in [6, 6.07) is 12.6. The number of carbonyl (C=O) groups excluding carboxylic acids is 1. The van der Waals surface area contributed by atoms with Crippen molar-refractivity contribution in [3.63, 3.8) is 0 Å². The second kappa shape index (κ2) is 9.78. The summed E-state index contributed by atoms with van der Waals surface area (Å²) in [6.07, 6.45) is 0. The molecular weight excluding hydrogens is 394 g/mol. The number of thioether (sulfide) groups is 1. The van der Waals surface area contributed by atoms with E-state index in [1.165, 1.54) is 16.4 Å². The molecule has 1 heterocycles. The topological polar surface area (TPSA) is 100 Å². The molecule has 0 atom stereocenters. The van der Waals surface area contributed by atoms with Crippen molar-refractivity contribution < 1.29 is 19.0 Å². The Labute approximate surface area is 172 Å². The van der Waals surface area contributed by atoms with E-state index in [2.05, 4.69) is 20.8 Å². The number of anilines is 1. The standard InChI is InChI=1S/C19H21N5O4S/c1-4-28-17-8-6-5-7-16(17)20-18(25)12-29-19-21-22-23-24(19)13-9-14(26-2)11-15(10-13)27-3/h5-11H,4,12H2,1-3H3,(H,20,25). The first-order valence-corrected chi connectivity index (χ1v) is 9.79. The predicted octanol–water partition coefficient (Wildman–Crippen LogP) is 2.81. The van der Waals surface area contributed by atoms with E-state index >= 15 is 0 Å². The van der Waals surface area contributed by atoms with Gasteiger partial charge >= 0.3 is 0 Å². The summed E-state index contributed by atoms with van der Waals surface area (Å²) in [4.78, 5) is 12.4. The third kappa shape index (κ3) is 5.17. The highest BCUT2D eigenvalue weighted by Crippen LogP contribution is 2.27. The third-order valence-corrected chi connectivity index (χ3v) is 4.73. The van der Waals surface area contributed by atoms with Gasteiger partial charge in [-0.05, 0) is 29.5 Å². The Hall–Kier alpha value is -3.27. The predicted molar refractivity (Wildman–Crippen MR) is 109 cm³/mol. The summed E-state index contributed by atoms with van der Waals surface area (Å²) in [7, 11) is 3.14. The molecule has 1 N–H and O–H groups in total. The summed E-state index contributed by atoms with van der Waals surface area (Å²) in [6.45, 7) is 2.41. The summed E-state index contributed by atoms with van der Waals surface area (Å²) in [5.74, 6) is 1.77. The molecule has 2 aromatic carbocycles. The number of ether oxygens (including phenoxy) is 3. The van der Waals surface area contributed by atoms with Crippen molar-refractivity contribution in [1.82, 2.24) is 20.2 Å². The van der Waals surface area contributed by atoms with Crippen LogP contribution in [0.2, 0.25) is 0 Å². The number of methoxy groups -OCH3 is 2. The molecule has 0 unspecified atom stereocenters. The van der Waals surface area contributed by atoms with E-state index < -0.39 is 0 Å². The van der Waals surface area contributed by atoms with Crippen LogP contribution in [0, 0.1) is 0 Å². The molecule has 0 bridgehead atoms. The highest BCUT2D eigenvalue weighted by molar-refractivity contribution is 7.99. The van der Waals surface area contributed by atoms with Gasteiger partial charge in [0.2, 0.25) is 11.1 Å². The zero-order valence-electron chi connectivity index (χ0n) is 16.3. The Morgan fingerprint density at radius 3 is 2.55 bits per heavy atom. The summed E-state index contributed by atoms with van der Waals surface area (Å²) in [5, 5.41) is 15.1. The molecule has 10 heteroatoms. The van der Waals surface area contributed by atoms with Crippen LogP contribution >= 0.6 is 11.8 Å². The first kappa shape index (κ1) is 20.5. The lowest BCUT2D eigenvalue weighted by atomic mass is 10.3. The number of hydrogen-bond donors (Lipinski definition) is 1. The summed E-state index contributed by atoms with van der Waals surface area (Å²) >= 11 is 1.21. The van der Waals surface area contributed by atoms with E-state index in [-0.39, 0.29) is 11.7 Å². The molecule has 1 aromatic heterocycles. The van der Waals surface area contributed by atoms with E-state index in [4.69, 9.17) is 14.2 Å². The molecule has 0 aliphatic rings. The van der Waals surface area contributed by atoms with Crippen molar-refractivity contribution in [2.45, 2.75) is 12.1 Å². The Bertz CT molecular complexity index is 956. The van der Waals surface area contributed by atoms with Crippen LogP contribution in [0.1, 0.15) is 6.92 Å². The Balaban J connectivity index is 1.70. The molecule has 0 saturated carbocycles. The number of nitrogens with one attached hydrogen (secondary N) is 1. The lowest BCUT2D eigenvalue weighted by Gasteiger charge is -2.11. The molecule has 0 radical (unpaired) electrons. The Morgan fingerprint density at radius 1 is 1.14 bits per heavy atom. The zero-order valence-corrected chi connectivity index (χ0v) is 17.1. The lowest BCUT2D eigenvalue weighted by molar-refractivity contribution is -0.113. The molecule has 9 nitrogen and oxygen atoms in total. The van der Waals surface area contributed by atoms with Crippen LogP contribution < -0.4 is 19.5 Å². The lowest BCUT2D eigenvalue weighted by Crippen LogP contribution is -2.15. The number of hydrogen-bond acceptors (Lipinski definition) is 8. The van der Waals surface area contributed by atoms with Crippen LogP contribution in [-0.2, 0) is 4.79 Å². The number of benzene rings is 2. The fourth-order valence-corrected chi connectivity index (χ4v) is 3.20. The van der Waals surface area contributed by atoms with Crippen LogP contribution in [0.25, 0.3) is 5.69 Å². The first-order chi connectivity index (χ1) is 14.1. The van der Waals surface area contributed by atoms with Crippen molar-refractivity contribution in [2.75, 3.05) is 31.9 Å². The van der Waals surface area contributed by atoms with Crippen molar-refractivity contribution in [1.29, 1.82) is 0 Å². The van der Waals surface area contributed by atoms with Gasteiger partial charge in [-0.2, -0.15) is 4.68 Å². The fourth-order valence-electron chi connectivity index (χ4n) is 2.51. The van der Waals surface area contributed by atoms with Gasteiger partial charge in [-0.3, -0.25) is 4.79 Å². The van der Waals surface area contributed by atoms with Gasteiger partial charge in [-0.15, -0.1) is 5.10 Å². The van der Waals surface area contributed by atoms with Crippen molar-refractivity contribution in [2.24, 2.45) is 0 Å². The number of tetrazole rings is 1. The van der Waals surface area contributed by atoms with Crippen LogP contribution in [0.15, 0.2) is 47.6 Å². The molecule has 29 heavy (non-hydrogen) atoms. The highest BCUT2D eigenvalue weighted by Gasteiger charge is 2.14. The molecule has 3 aromatic rings. The van der Waals surface area contributed by atoms with Gasteiger partial charge in [0.1, 0.15) is 17.2 Å². The fraction of sp³-hybridized carbons (Fsp3) is 0.263. The van der Waals surface area contributed by atoms with Gasteiger partial charge in [-0.1, -0.05) is 23.9 Å². The van der Waals surface area contributed by atoms with Crippen molar-refractivity contribution in [3.05, 3.63) is 42.5 Å². The van der Waals surface area contributed by atoms with E-state index in [1.54, 1.807) is 38.5 Å². The van der Waals surface area contributed by atoms with Gasteiger partial charge in [0.15, 0.2) is 0 Å². The molecule has 0 aliphatic carbocycles. The van der Waals surface area contributed by atoms with Crippen LogP contribution in [-0.4, -0.2) is 52.7 Å². The normalized spacial score (nSPS) is 10.4. The molecule has 0 fully saturated rings. The molecule has 0 aliphatic heterocycles. The highest BCUT2D eigenvalue weighted by atomic mass is 32.2. The molecule has 3 rings (SSSR count). The largest absolute Gasteiger partial charge is 0.497 e. The van der Waals surface area contributed by atoms with Gasteiger partial charge < -0.3 is 19.5 Å². The maximum Gasteiger partial charge on any atom is 0.234 e. The molecule has 1 amide bonds. The molecule has 152 valence electrons. The SMILES string of the molecule is CCOc1ccccc1NC(=O)CSc1nnnn1-c1cc(OC)cc(OC)c1. The molecule has 0 spiro atoms. The molecular formula is C19H21N5O4S. The van der Waals surface area contributed by atoms with Crippen molar-refractivity contribution in [3.8, 4) is 22.9 Å². The summed E-state index contributed by atoms with van der Waals surface area (Å²) < 4.78 is 17.6. The number of aromatic nitrogens is 4. The van der Waals surface area contributed by atoms with Gasteiger partial charge in [0, 0.05) is 18.2 Å². The van der Waals surface area contributed by atoms with Crippen LogP contribution in [0.4, 0.5) is 5.69 Å². The average molecular weight is 415 g/mol. The minimum absolute atomic E-state index is 0.127. The number of para-hydroxylation sites is 2. The number of rotatable bonds is 9. The van der Waals surface area contributed by atoms with Crippen LogP contribution in [0.5, 0.6) is 17.2 Å². The maximum absolute atomic E-state index is 12.4. The first-order valence-electron chi connectivity index (χ1n) is 8.81. The minimum Gasteiger partial charge on any atom is -0.497 e. The number of carbonyl (C=O) groups is 1. The number of nitrogens with zero attached hydrogens (tertiary/aromatic N) is 4. The second-order valence-electron chi connectivity index (χ2n) is 5.71. The zero-order chi connectivity index (χ0) is 20.6. The Morgan fingerprint density at radius 2 is 1.86 bits per heavy atom. The van der Waals surface area contributed by atoms with Gasteiger partial charge in [0.05, 0.1) is 38.0 Å². The summed E-state index contributed by atoms with van der Waals surface area (Å²) in [5.41, 5.74) is 1.29. The van der Waals surface area contributed by atoms with Gasteiger partial charge in [0.25, 0.3) is 0 Å². The van der Waals surface area contributed by atoms with E-state index in [0.717, 1.165) is 0 Å². The molecule has 0 saturated heterocycles. The smallest absolute Gasteiger partial charge is 0.234 e. The van der Waals surface area contributed by atoms with E-state index in [1.807, 2.05) is 25.1 Å². The van der Waals surface area contributed by atoms with E-state index in [9.17, 15) is 4.79 Å². The van der Waals surface area contributed by atoms with Crippen molar-refractivity contribution >= 4 is 23.4 Å². The Kier molecular flexibility index (Phi) is 6.90. The van der Waals surface area contributed by atoms with Gasteiger partial charge in [-0.25, -0.2) is 0 Å². The van der Waals surface area contributed by atoms with E-state index in [0.29, 0.717) is 40.4 Å². The third-order valence-electron chi connectivity index (χ3n) is 3.82. The average Bonchev–Trinajstić information content (AvgIpc) is 3.22.